The molecule has 4 rings (SSSR count). The van der Waals surface area contributed by atoms with Crippen LogP contribution in [0, 0.1) is 10.1 Å². The van der Waals surface area contributed by atoms with Crippen molar-refractivity contribution in [3.63, 3.8) is 0 Å². The highest BCUT2D eigenvalue weighted by atomic mass is 32.2. The zero-order chi connectivity index (χ0) is 19.5. The average molecular weight is 397 g/mol. The number of thioether (sulfide) groups is 1. The van der Waals surface area contributed by atoms with Crippen LogP contribution in [0.15, 0.2) is 58.8 Å². The predicted octanol–water partition coefficient (Wildman–Crippen LogP) is 3.13. The quantitative estimate of drug-likeness (QED) is 0.465. The summed E-state index contributed by atoms with van der Waals surface area (Å²) in [6.07, 6.45) is 0. The van der Waals surface area contributed by atoms with Gasteiger partial charge in [-0.3, -0.25) is 10.1 Å². The lowest BCUT2D eigenvalue weighted by molar-refractivity contribution is -0.384. The molecule has 2 aromatic carbocycles. The molecule has 1 aliphatic heterocycles. The Morgan fingerprint density at radius 1 is 1.18 bits per heavy atom. The molecule has 0 radical (unpaired) electrons. The van der Waals surface area contributed by atoms with E-state index < -0.39 is 4.92 Å². The van der Waals surface area contributed by atoms with Gasteiger partial charge in [-0.25, -0.2) is 0 Å². The van der Waals surface area contributed by atoms with Crippen LogP contribution in [0.5, 0.6) is 11.5 Å². The number of fused-ring (bicyclic) bond motifs is 1. The molecular weight excluding hydrogens is 382 g/mol. The fraction of sp³-hybridized carbons (Fsp3) is 0.167. The Morgan fingerprint density at radius 3 is 2.75 bits per heavy atom. The number of methoxy groups -OCH3 is 1. The molecule has 1 aromatic heterocycles. The van der Waals surface area contributed by atoms with E-state index in [0.717, 1.165) is 17.0 Å². The molecule has 0 spiro atoms. The molecule has 0 amide bonds. The fourth-order valence-electron chi connectivity index (χ4n) is 2.61. The van der Waals surface area contributed by atoms with Gasteiger partial charge in [-0.05, 0) is 24.3 Å². The van der Waals surface area contributed by atoms with Gasteiger partial charge in [0.2, 0.25) is 5.16 Å². The number of hydrogen-bond acceptors (Lipinski definition) is 8. The van der Waals surface area contributed by atoms with Crippen LogP contribution < -0.4 is 9.47 Å². The van der Waals surface area contributed by atoms with E-state index in [1.54, 1.807) is 23.9 Å². The second kappa shape index (κ2) is 7.69. The number of benzene rings is 2. The minimum Gasteiger partial charge on any atom is -0.497 e. The van der Waals surface area contributed by atoms with Gasteiger partial charge in [-0.2, -0.15) is 9.78 Å². The van der Waals surface area contributed by atoms with Crippen LogP contribution >= 0.6 is 11.8 Å². The molecule has 2 heterocycles. The van der Waals surface area contributed by atoms with Gasteiger partial charge in [-0.1, -0.05) is 23.9 Å². The van der Waals surface area contributed by atoms with Crippen LogP contribution in [0.1, 0.15) is 11.4 Å². The van der Waals surface area contributed by atoms with Crippen molar-refractivity contribution in [3.05, 3.63) is 70.0 Å². The van der Waals surface area contributed by atoms with Crippen molar-refractivity contribution in [2.45, 2.75) is 11.8 Å². The van der Waals surface area contributed by atoms with Gasteiger partial charge in [-0.15, -0.1) is 10.2 Å². The molecule has 0 N–H and O–H groups in total. The molecule has 9 nitrogen and oxygen atoms in total. The maximum Gasteiger partial charge on any atom is 0.269 e. The summed E-state index contributed by atoms with van der Waals surface area (Å²) in [5.41, 5.74) is 1.86. The number of aromatic nitrogens is 3. The second-order valence-electron chi connectivity index (χ2n) is 5.82. The molecule has 0 saturated carbocycles. The predicted molar refractivity (Wildman–Crippen MR) is 103 cm³/mol. The molecule has 0 unspecified atom stereocenters. The monoisotopic (exact) mass is 397 g/mol. The number of non-ortho nitro benzene ring substituents is 1. The number of ether oxygens (including phenoxy) is 2. The third kappa shape index (κ3) is 3.67. The molecule has 0 atom stereocenters. The Hall–Kier alpha value is -3.40. The zero-order valence-electron chi connectivity index (χ0n) is 14.8. The lowest BCUT2D eigenvalue weighted by atomic mass is 10.1. The van der Waals surface area contributed by atoms with Crippen molar-refractivity contribution in [3.8, 4) is 11.5 Å². The van der Waals surface area contributed by atoms with Gasteiger partial charge in [0.05, 0.1) is 17.7 Å². The summed E-state index contributed by atoms with van der Waals surface area (Å²) in [7, 11) is 1.63. The van der Waals surface area contributed by atoms with Crippen LogP contribution in [-0.4, -0.2) is 38.4 Å². The van der Waals surface area contributed by atoms with Gasteiger partial charge in [0.25, 0.3) is 5.69 Å². The van der Waals surface area contributed by atoms with Crippen LogP contribution in [0.3, 0.4) is 0 Å². The van der Waals surface area contributed by atoms with E-state index in [1.807, 2.05) is 24.3 Å². The van der Waals surface area contributed by atoms with E-state index >= 15 is 0 Å². The van der Waals surface area contributed by atoms with Crippen LogP contribution in [0.2, 0.25) is 0 Å². The molecule has 0 saturated heterocycles. The lowest BCUT2D eigenvalue weighted by Gasteiger charge is -2.14. The Labute approximate surface area is 164 Å². The first-order valence-electron chi connectivity index (χ1n) is 8.30. The average Bonchev–Trinajstić information content (AvgIpc) is 3.15. The molecule has 0 fully saturated rings. The van der Waals surface area contributed by atoms with E-state index in [-0.39, 0.29) is 12.3 Å². The van der Waals surface area contributed by atoms with Gasteiger partial charge in [0.1, 0.15) is 18.1 Å². The van der Waals surface area contributed by atoms with Crippen LogP contribution in [0.25, 0.3) is 0 Å². The minimum atomic E-state index is -0.454. The fourth-order valence-corrected chi connectivity index (χ4v) is 3.47. The zero-order valence-corrected chi connectivity index (χ0v) is 15.6. The van der Waals surface area contributed by atoms with E-state index in [4.69, 9.17) is 9.47 Å². The minimum absolute atomic E-state index is 0.0103. The summed E-state index contributed by atoms with van der Waals surface area (Å²) in [5, 5.41) is 24.4. The van der Waals surface area contributed by atoms with Crippen molar-refractivity contribution in [2.75, 3.05) is 12.9 Å². The Balaban J connectivity index is 1.53. The largest absolute Gasteiger partial charge is 0.497 e. The highest BCUT2D eigenvalue weighted by molar-refractivity contribution is 7.99. The summed E-state index contributed by atoms with van der Waals surface area (Å²) >= 11 is 1.54. The first kappa shape index (κ1) is 18.0. The molecule has 1 aliphatic rings. The van der Waals surface area contributed by atoms with Gasteiger partial charge in [0.15, 0.2) is 5.82 Å². The highest BCUT2D eigenvalue weighted by Crippen LogP contribution is 2.26. The van der Waals surface area contributed by atoms with Crippen molar-refractivity contribution >= 4 is 23.2 Å². The van der Waals surface area contributed by atoms with Crippen molar-refractivity contribution in [1.29, 1.82) is 0 Å². The molecular formula is C18H15N5O4S. The molecule has 28 heavy (non-hydrogen) atoms. The van der Waals surface area contributed by atoms with E-state index in [1.165, 1.54) is 23.9 Å². The van der Waals surface area contributed by atoms with Gasteiger partial charge < -0.3 is 9.47 Å². The summed E-state index contributed by atoms with van der Waals surface area (Å²) < 4.78 is 12.6. The third-order valence-electron chi connectivity index (χ3n) is 4.05. The Kier molecular flexibility index (Phi) is 4.94. The maximum absolute atomic E-state index is 10.7. The SMILES string of the molecule is COc1cccc(C2=Nn3c(COc4ccc([N+](=O)[O-])cc4)nnc3SC2)c1. The molecule has 10 heteroatoms. The van der Waals surface area contributed by atoms with Crippen LogP contribution in [-0.2, 0) is 6.61 Å². The van der Waals surface area contributed by atoms with Crippen molar-refractivity contribution < 1.29 is 14.4 Å². The van der Waals surface area contributed by atoms with Crippen molar-refractivity contribution in [1.82, 2.24) is 14.9 Å². The van der Waals surface area contributed by atoms with Crippen molar-refractivity contribution in [2.24, 2.45) is 5.10 Å². The summed E-state index contributed by atoms with van der Waals surface area (Å²) in [4.78, 5) is 10.3. The lowest BCUT2D eigenvalue weighted by Crippen LogP contribution is -2.15. The maximum atomic E-state index is 10.7. The second-order valence-corrected chi connectivity index (χ2v) is 6.76. The van der Waals surface area contributed by atoms with E-state index in [0.29, 0.717) is 22.5 Å². The summed E-state index contributed by atoms with van der Waals surface area (Å²) in [6.45, 7) is 0.139. The summed E-state index contributed by atoms with van der Waals surface area (Å²) in [6, 6.07) is 13.6. The Bertz CT molecular complexity index is 1050. The molecule has 142 valence electrons. The van der Waals surface area contributed by atoms with E-state index in [2.05, 4.69) is 15.3 Å². The molecule has 0 aliphatic carbocycles. The summed E-state index contributed by atoms with van der Waals surface area (Å²) in [5.74, 6) is 2.49. The number of nitro benzene ring substituents is 1. The number of hydrogen-bond donors (Lipinski definition) is 0. The number of nitrogens with zero attached hydrogens (tertiary/aromatic N) is 5. The normalized spacial score (nSPS) is 12.8. The smallest absolute Gasteiger partial charge is 0.269 e. The highest BCUT2D eigenvalue weighted by Gasteiger charge is 2.20. The van der Waals surface area contributed by atoms with E-state index in [9.17, 15) is 10.1 Å². The topological polar surface area (TPSA) is 105 Å². The first-order valence-corrected chi connectivity index (χ1v) is 9.29. The Morgan fingerprint density at radius 2 is 2.00 bits per heavy atom. The third-order valence-corrected chi connectivity index (χ3v) is 4.98. The van der Waals surface area contributed by atoms with Gasteiger partial charge >= 0.3 is 0 Å². The number of rotatable bonds is 6. The molecule has 3 aromatic rings. The molecule has 0 bridgehead atoms. The first-order chi connectivity index (χ1) is 13.6. The standard InChI is InChI=1S/C18H15N5O4S/c1-26-15-4-2-3-12(9-15)16-11-28-18-20-19-17(22(18)21-16)10-27-14-7-5-13(6-8-14)23(24)25/h2-9H,10-11H2,1H3. The van der Waals surface area contributed by atoms with Crippen LogP contribution in [0.4, 0.5) is 5.69 Å². The number of nitro groups is 1. The van der Waals surface area contributed by atoms with Gasteiger partial charge in [0, 0.05) is 23.4 Å².